The lowest BCUT2D eigenvalue weighted by molar-refractivity contribution is 0.0546. The predicted octanol–water partition coefficient (Wildman–Crippen LogP) is 5.27. The molecule has 0 aromatic carbocycles. The van der Waals surface area contributed by atoms with Crippen LogP contribution in [0.25, 0.3) is 0 Å². The molecule has 0 bridgehead atoms. The lowest BCUT2D eigenvalue weighted by Gasteiger charge is -2.14. The first-order valence-corrected chi connectivity index (χ1v) is 7.19. The minimum Gasteiger partial charge on any atom is -0.378 e. The van der Waals surface area contributed by atoms with Crippen molar-refractivity contribution in [1.82, 2.24) is 0 Å². The standard InChI is InChI=1S/C16H30O/c1-4-7-10-11-12-15-17-16(13-8-5-2)14-9-6-3/h5-6,8-9,16H,4,7,10-15H2,1-3H3. The summed E-state index contributed by atoms with van der Waals surface area (Å²) < 4.78 is 5.92. The first kappa shape index (κ1) is 16.4. The molecule has 0 aliphatic rings. The number of rotatable bonds is 11. The van der Waals surface area contributed by atoms with Crippen molar-refractivity contribution in [1.29, 1.82) is 0 Å². The summed E-state index contributed by atoms with van der Waals surface area (Å²) in [7, 11) is 0. The average molecular weight is 238 g/mol. The van der Waals surface area contributed by atoms with Crippen molar-refractivity contribution in [2.24, 2.45) is 0 Å². The molecular formula is C16H30O. The van der Waals surface area contributed by atoms with Crippen LogP contribution in [0, 0.1) is 0 Å². The van der Waals surface area contributed by atoms with Crippen LogP contribution in [0.5, 0.6) is 0 Å². The van der Waals surface area contributed by atoms with Crippen molar-refractivity contribution in [3.8, 4) is 0 Å². The molecule has 0 atom stereocenters. The van der Waals surface area contributed by atoms with E-state index in [9.17, 15) is 0 Å². The summed E-state index contributed by atoms with van der Waals surface area (Å²) >= 11 is 0. The number of unbranched alkanes of at least 4 members (excludes halogenated alkanes) is 4. The second kappa shape index (κ2) is 13.5. The Morgan fingerprint density at radius 2 is 1.47 bits per heavy atom. The Morgan fingerprint density at radius 3 is 2.00 bits per heavy atom. The van der Waals surface area contributed by atoms with Crippen molar-refractivity contribution in [3.63, 3.8) is 0 Å². The van der Waals surface area contributed by atoms with Crippen LogP contribution in [0.15, 0.2) is 24.3 Å². The molecule has 1 nitrogen and oxygen atoms in total. The van der Waals surface area contributed by atoms with E-state index in [0.29, 0.717) is 6.10 Å². The fourth-order valence-electron chi connectivity index (χ4n) is 1.76. The van der Waals surface area contributed by atoms with Gasteiger partial charge in [-0.15, -0.1) is 0 Å². The fourth-order valence-corrected chi connectivity index (χ4v) is 1.76. The van der Waals surface area contributed by atoms with E-state index in [1.54, 1.807) is 0 Å². The van der Waals surface area contributed by atoms with Gasteiger partial charge in [-0.3, -0.25) is 0 Å². The van der Waals surface area contributed by atoms with Gasteiger partial charge in [-0.2, -0.15) is 0 Å². The fraction of sp³-hybridized carbons (Fsp3) is 0.750. The molecule has 0 saturated heterocycles. The van der Waals surface area contributed by atoms with Gasteiger partial charge in [0.2, 0.25) is 0 Å². The highest BCUT2D eigenvalue weighted by Gasteiger charge is 2.04. The van der Waals surface area contributed by atoms with E-state index in [0.717, 1.165) is 19.4 Å². The van der Waals surface area contributed by atoms with Crippen LogP contribution in [0.3, 0.4) is 0 Å². The highest BCUT2D eigenvalue weighted by Crippen LogP contribution is 2.09. The molecule has 0 aliphatic carbocycles. The Labute approximate surface area is 108 Å². The zero-order valence-electron chi connectivity index (χ0n) is 12.0. The molecule has 1 heteroatoms. The van der Waals surface area contributed by atoms with Gasteiger partial charge in [-0.1, -0.05) is 56.9 Å². The highest BCUT2D eigenvalue weighted by molar-refractivity contribution is 4.86. The first-order valence-electron chi connectivity index (χ1n) is 7.19. The Morgan fingerprint density at radius 1 is 0.882 bits per heavy atom. The van der Waals surface area contributed by atoms with Crippen LogP contribution < -0.4 is 0 Å². The molecule has 100 valence electrons. The SMILES string of the molecule is CC=CCC(CC=CC)OCCCCCCC. The number of ether oxygens (including phenoxy) is 1. The van der Waals surface area contributed by atoms with E-state index < -0.39 is 0 Å². The maximum absolute atomic E-state index is 5.92. The molecule has 0 radical (unpaired) electrons. The summed E-state index contributed by atoms with van der Waals surface area (Å²) in [4.78, 5) is 0. The molecule has 0 unspecified atom stereocenters. The van der Waals surface area contributed by atoms with E-state index in [1.807, 2.05) is 0 Å². The summed E-state index contributed by atoms with van der Waals surface area (Å²) in [6.07, 6.45) is 17.6. The topological polar surface area (TPSA) is 9.23 Å². The summed E-state index contributed by atoms with van der Waals surface area (Å²) in [6, 6.07) is 0. The molecule has 0 amide bonds. The maximum Gasteiger partial charge on any atom is 0.0643 e. The van der Waals surface area contributed by atoms with Crippen molar-refractivity contribution >= 4 is 0 Å². The Balaban J connectivity index is 3.60. The summed E-state index contributed by atoms with van der Waals surface area (Å²) in [5, 5.41) is 0. The molecule has 0 fully saturated rings. The average Bonchev–Trinajstić information content (AvgIpc) is 2.35. The number of allylic oxidation sites excluding steroid dienone is 2. The predicted molar refractivity (Wildman–Crippen MR) is 77.4 cm³/mol. The Hall–Kier alpha value is -0.560. The van der Waals surface area contributed by atoms with Crippen molar-refractivity contribution in [2.45, 2.75) is 71.8 Å². The van der Waals surface area contributed by atoms with E-state index in [-0.39, 0.29) is 0 Å². The van der Waals surface area contributed by atoms with Gasteiger partial charge in [0.15, 0.2) is 0 Å². The first-order chi connectivity index (χ1) is 8.35. The molecule has 17 heavy (non-hydrogen) atoms. The normalized spacial score (nSPS) is 13.8. The van der Waals surface area contributed by atoms with Gasteiger partial charge < -0.3 is 4.74 Å². The van der Waals surface area contributed by atoms with Crippen LogP contribution in [0.4, 0.5) is 0 Å². The van der Waals surface area contributed by atoms with E-state index in [4.69, 9.17) is 4.74 Å². The zero-order chi connectivity index (χ0) is 12.8. The van der Waals surface area contributed by atoms with Gasteiger partial charge in [0, 0.05) is 6.61 Å². The van der Waals surface area contributed by atoms with Crippen LogP contribution in [-0.2, 0) is 4.74 Å². The van der Waals surface area contributed by atoms with Crippen LogP contribution in [-0.4, -0.2) is 12.7 Å². The number of hydrogen-bond acceptors (Lipinski definition) is 1. The van der Waals surface area contributed by atoms with Gasteiger partial charge in [0.25, 0.3) is 0 Å². The molecule has 0 saturated carbocycles. The summed E-state index contributed by atoms with van der Waals surface area (Å²) in [5.41, 5.74) is 0. The lowest BCUT2D eigenvalue weighted by atomic mass is 10.1. The molecule has 0 aromatic rings. The smallest absolute Gasteiger partial charge is 0.0643 e. The largest absolute Gasteiger partial charge is 0.378 e. The molecule has 0 rings (SSSR count). The van der Waals surface area contributed by atoms with Gasteiger partial charge >= 0.3 is 0 Å². The third-order valence-corrected chi connectivity index (χ3v) is 2.87. The molecule has 0 spiro atoms. The van der Waals surface area contributed by atoms with Gasteiger partial charge in [0.1, 0.15) is 0 Å². The highest BCUT2D eigenvalue weighted by atomic mass is 16.5. The van der Waals surface area contributed by atoms with Gasteiger partial charge in [-0.05, 0) is 33.1 Å². The summed E-state index contributed by atoms with van der Waals surface area (Å²) in [6.45, 7) is 7.30. The second-order valence-electron chi connectivity index (χ2n) is 4.52. The molecular weight excluding hydrogens is 208 g/mol. The molecule has 0 aromatic heterocycles. The zero-order valence-corrected chi connectivity index (χ0v) is 12.0. The minimum absolute atomic E-state index is 0.369. The van der Waals surface area contributed by atoms with Gasteiger partial charge in [0.05, 0.1) is 6.10 Å². The van der Waals surface area contributed by atoms with Gasteiger partial charge in [-0.25, -0.2) is 0 Å². The molecule has 0 N–H and O–H groups in total. The number of hydrogen-bond donors (Lipinski definition) is 0. The van der Waals surface area contributed by atoms with Crippen LogP contribution in [0.1, 0.15) is 65.7 Å². The van der Waals surface area contributed by atoms with E-state index in [2.05, 4.69) is 45.1 Å². The minimum atomic E-state index is 0.369. The van der Waals surface area contributed by atoms with Crippen molar-refractivity contribution in [2.75, 3.05) is 6.61 Å². The Kier molecular flexibility index (Phi) is 13.1. The molecule has 0 heterocycles. The lowest BCUT2D eigenvalue weighted by Crippen LogP contribution is -2.12. The molecule has 0 aliphatic heterocycles. The van der Waals surface area contributed by atoms with E-state index >= 15 is 0 Å². The third-order valence-electron chi connectivity index (χ3n) is 2.87. The Bertz CT molecular complexity index is 180. The quantitative estimate of drug-likeness (QED) is 0.352. The van der Waals surface area contributed by atoms with Crippen molar-refractivity contribution in [3.05, 3.63) is 24.3 Å². The van der Waals surface area contributed by atoms with E-state index in [1.165, 1.54) is 32.1 Å². The monoisotopic (exact) mass is 238 g/mol. The van der Waals surface area contributed by atoms with Crippen molar-refractivity contribution < 1.29 is 4.74 Å². The summed E-state index contributed by atoms with van der Waals surface area (Å²) in [5.74, 6) is 0. The maximum atomic E-state index is 5.92. The van der Waals surface area contributed by atoms with Crippen LogP contribution in [0.2, 0.25) is 0 Å². The third kappa shape index (κ3) is 11.7. The second-order valence-corrected chi connectivity index (χ2v) is 4.52. The van der Waals surface area contributed by atoms with Crippen LogP contribution >= 0.6 is 0 Å².